The van der Waals surface area contributed by atoms with E-state index in [1.807, 2.05) is 13.8 Å². The van der Waals surface area contributed by atoms with E-state index in [2.05, 4.69) is 15.3 Å². The number of anilines is 1. The second-order valence-corrected chi connectivity index (χ2v) is 5.16. The third-order valence-corrected chi connectivity index (χ3v) is 3.08. The summed E-state index contributed by atoms with van der Waals surface area (Å²) >= 11 is 1.31. The Morgan fingerprint density at radius 1 is 1.50 bits per heavy atom. The summed E-state index contributed by atoms with van der Waals surface area (Å²) in [6.07, 6.45) is 0. The lowest BCUT2D eigenvalue weighted by atomic mass is 10.2. The predicted octanol–water partition coefficient (Wildman–Crippen LogP) is 1.05. The molecule has 2 rings (SSSR count). The molecule has 0 saturated heterocycles. The average Bonchev–Trinajstić information content (AvgIpc) is 2.79. The van der Waals surface area contributed by atoms with E-state index < -0.39 is 11.4 Å². The fraction of sp³-hybridized carbons (Fsp3) is 0.364. The van der Waals surface area contributed by atoms with E-state index in [1.54, 1.807) is 17.5 Å². The molecular weight excluding hydrogens is 252 g/mol. The summed E-state index contributed by atoms with van der Waals surface area (Å²) in [4.78, 5) is 30.0. The highest BCUT2D eigenvalue weighted by Gasteiger charge is 2.08. The molecule has 0 amide bonds. The van der Waals surface area contributed by atoms with Gasteiger partial charge < -0.3 is 5.32 Å². The first kappa shape index (κ1) is 12.6. The van der Waals surface area contributed by atoms with Crippen molar-refractivity contribution in [2.24, 2.45) is 5.92 Å². The van der Waals surface area contributed by atoms with Crippen molar-refractivity contribution in [2.75, 3.05) is 11.9 Å². The predicted molar refractivity (Wildman–Crippen MR) is 71.7 cm³/mol. The number of hydrogen-bond acceptors (Lipinski definition) is 5. The summed E-state index contributed by atoms with van der Waals surface area (Å²) in [6, 6.07) is 3.47. The highest BCUT2D eigenvalue weighted by Crippen LogP contribution is 2.10. The molecule has 2 heterocycles. The van der Waals surface area contributed by atoms with Crippen LogP contribution in [-0.4, -0.2) is 21.1 Å². The highest BCUT2D eigenvalue weighted by atomic mass is 32.1. The van der Waals surface area contributed by atoms with Gasteiger partial charge in [-0.25, -0.2) is 14.2 Å². The Kier molecular flexibility index (Phi) is 3.61. The summed E-state index contributed by atoms with van der Waals surface area (Å²) in [7, 11) is 0. The Labute approximate surface area is 107 Å². The summed E-state index contributed by atoms with van der Waals surface area (Å²) in [5, 5.41) is 5.28. The molecule has 0 atom stereocenters. The van der Waals surface area contributed by atoms with E-state index in [-0.39, 0.29) is 5.95 Å². The molecule has 18 heavy (non-hydrogen) atoms. The summed E-state index contributed by atoms with van der Waals surface area (Å²) < 4.78 is 1.02. The summed E-state index contributed by atoms with van der Waals surface area (Å²) in [6.45, 7) is 4.70. The van der Waals surface area contributed by atoms with Gasteiger partial charge in [0.05, 0.1) is 0 Å². The number of nitrogens with one attached hydrogen (secondary N) is 2. The number of hydrogen-bond donors (Lipinski definition) is 2. The second-order valence-electron chi connectivity index (χ2n) is 4.23. The van der Waals surface area contributed by atoms with Gasteiger partial charge in [-0.05, 0) is 23.4 Å². The lowest BCUT2D eigenvalue weighted by Gasteiger charge is -2.08. The molecule has 0 spiro atoms. The fourth-order valence-electron chi connectivity index (χ4n) is 1.39. The number of aromatic amines is 1. The Bertz CT molecular complexity index is 596. The molecule has 0 aliphatic carbocycles. The minimum absolute atomic E-state index is 0.214. The first-order valence-electron chi connectivity index (χ1n) is 5.59. The van der Waals surface area contributed by atoms with Crippen LogP contribution in [0.3, 0.4) is 0 Å². The van der Waals surface area contributed by atoms with Gasteiger partial charge in [0.2, 0.25) is 5.95 Å². The molecule has 0 aliphatic rings. The Morgan fingerprint density at radius 3 is 2.83 bits per heavy atom. The number of aromatic nitrogens is 3. The van der Waals surface area contributed by atoms with Crippen molar-refractivity contribution >= 4 is 17.3 Å². The molecule has 7 heteroatoms. The second kappa shape index (κ2) is 5.18. The average molecular weight is 266 g/mol. The molecule has 0 aliphatic heterocycles. The normalized spacial score (nSPS) is 10.8. The van der Waals surface area contributed by atoms with Gasteiger partial charge in [-0.3, -0.25) is 4.98 Å². The SMILES string of the molecule is CC(C)CNc1nc(=O)n(-c2cccs2)c(=O)[nH]1. The molecule has 0 unspecified atom stereocenters. The third-order valence-electron chi connectivity index (χ3n) is 2.23. The van der Waals surface area contributed by atoms with Crippen molar-refractivity contribution in [2.45, 2.75) is 13.8 Å². The van der Waals surface area contributed by atoms with Crippen LogP contribution in [0.15, 0.2) is 27.1 Å². The van der Waals surface area contributed by atoms with E-state index in [1.165, 1.54) is 11.3 Å². The zero-order valence-electron chi connectivity index (χ0n) is 10.1. The Balaban J connectivity index is 2.36. The van der Waals surface area contributed by atoms with Crippen LogP contribution in [0.2, 0.25) is 0 Å². The monoisotopic (exact) mass is 266 g/mol. The fourth-order valence-corrected chi connectivity index (χ4v) is 2.11. The van der Waals surface area contributed by atoms with Gasteiger partial charge in [-0.1, -0.05) is 13.8 Å². The Morgan fingerprint density at radius 2 is 2.28 bits per heavy atom. The van der Waals surface area contributed by atoms with Crippen LogP contribution in [0.25, 0.3) is 5.00 Å². The number of H-pyrrole nitrogens is 1. The van der Waals surface area contributed by atoms with Crippen molar-refractivity contribution in [3.63, 3.8) is 0 Å². The largest absolute Gasteiger partial charge is 0.360 e. The first-order valence-corrected chi connectivity index (χ1v) is 6.47. The van der Waals surface area contributed by atoms with Gasteiger partial charge in [-0.2, -0.15) is 4.98 Å². The molecule has 6 nitrogen and oxygen atoms in total. The van der Waals surface area contributed by atoms with Crippen LogP contribution < -0.4 is 16.7 Å². The molecule has 2 aromatic heterocycles. The van der Waals surface area contributed by atoms with E-state index in [4.69, 9.17) is 0 Å². The van der Waals surface area contributed by atoms with Crippen LogP contribution in [0, 0.1) is 5.92 Å². The summed E-state index contributed by atoms with van der Waals surface area (Å²) in [5.41, 5.74) is -1.06. The maximum absolute atomic E-state index is 11.8. The van der Waals surface area contributed by atoms with Crippen LogP contribution in [0.4, 0.5) is 5.95 Å². The molecular formula is C11H14N4O2S. The Hall–Kier alpha value is -1.89. The molecule has 2 N–H and O–H groups in total. The molecule has 2 aromatic rings. The quantitative estimate of drug-likeness (QED) is 0.867. The molecule has 0 bridgehead atoms. The topological polar surface area (TPSA) is 79.8 Å². The van der Waals surface area contributed by atoms with E-state index in [0.29, 0.717) is 17.5 Å². The number of nitrogens with zero attached hydrogens (tertiary/aromatic N) is 2. The number of rotatable bonds is 4. The van der Waals surface area contributed by atoms with Gasteiger partial charge in [-0.15, -0.1) is 11.3 Å². The summed E-state index contributed by atoms with van der Waals surface area (Å²) in [5.74, 6) is 0.613. The highest BCUT2D eigenvalue weighted by molar-refractivity contribution is 7.12. The minimum Gasteiger partial charge on any atom is -0.355 e. The standard InChI is InChI=1S/C11H14N4O2S/c1-7(2)6-12-9-13-10(16)15(11(17)14-9)8-4-3-5-18-8/h3-5,7H,6H2,1-2H3,(H2,12,13,14,16,17). The van der Waals surface area contributed by atoms with Crippen molar-refractivity contribution in [3.8, 4) is 5.00 Å². The van der Waals surface area contributed by atoms with Crippen LogP contribution in [-0.2, 0) is 0 Å². The van der Waals surface area contributed by atoms with Gasteiger partial charge in [0.15, 0.2) is 0 Å². The maximum Gasteiger partial charge on any atom is 0.360 e. The van der Waals surface area contributed by atoms with Crippen molar-refractivity contribution in [1.29, 1.82) is 0 Å². The minimum atomic E-state index is -0.576. The van der Waals surface area contributed by atoms with E-state index >= 15 is 0 Å². The van der Waals surface area contributed by atoms with Gasteiger partial charge in [0.1, 0.15) is 5.00 Å². The van der Waals surface area contributed by atoms with E-state index in [9.17, 15) is 9.59 Å². The van der Waals surface area contributed by atoms with Gasteiger partial charge >= 0.3 is 11.4 Å². The molecule has 0 aromatic carbocycles. The molecule has 0 fully saturated rings. The lowest BCUT2D eigenvalue weighted by Crippen LogP contribution is -2.36. The molecule has 0 saturated carbocycles. The maximum atomic E-state index is 11.8. The zero-order valence-corrected chi connectivity index (χ0v) is 11.0. The molecule has 0 radical (unpaired) electrons. The number of thiophene rings is 1. The first-order chi connectivity index (χ1) is 8.58. The van der Waals surface area contributed by atoms with Crippen LogP contribution >= 0.6 is 11.3 Å². The van der Waals surface area contributed by atoms with Crippen LogP contribution in [0.5, 0.6) is 0 Å². The van der Waals surface area contributed by atoms with Gasteiger partial charge in [0.25, 0.3) is 0 Å². The van der Waals surface area contributed by atoms with Crippen molar-refractivity contribution in [1.82, 2.24) is 14.5 Å². The zero-order chi connectivity index (χ0) is 13.1. The van der Waals surface area contributed by atoms with Gasteiger partial charge in [0, 0.05) is 6.54 Å². The molecule has 96 valence electrons. The van der Waals surface area contributed by atoms with E-state index in [0.717, 1.165) is 4.57 Å². The van der Waals surface area contributed by atoms with Crippen LogP contribution in [0.1, 0.15) is 13.8 Å². The smallest absolute Gasteiger partial charge is 0.355 e. The third kappa shape index (κ3) is 2.67. The lowest BCUT2D eigenvalue weighted by molar-refractivity contribution is 0.680. The van der Waals surface area contributed by atoms with Crippen molar-refractivity contribution in [3.05, 3.63) is 38.5 Å². The van der Waals surface area contributed by atoms with Crippen molar-refractivity contribution < 1.29 is 0 Å².